The number of nitrogens with zero attached hydrogens (tertiary/aromatic N) is 2. The molecule has 0 saturated carbocycles. The Bertz CT molecular complexity index is 600. The lowest BCUT2D eigenvalue weighted by Crippen LogP contribution is -2.29. The number of carbonyl (C=O) groups is 1. The summed E-state index contributed by atoms with van der Waals surface area (Å²) in [6.07, 6.45) is 4.69. The molecule has 3 heterocycles. The van der Waals surface area contributed by atoms with Crippen molar-refractivity contribution in [3.05, 3.63) is 35.8 Å². The molecular formula is C14H17N3O2. The Morgan fingerprint density at radius 2 is 2.53 bits per heavy atom. The lowest BCUT2D eigenvalue weighted by Gasteiger charge is -2.07. The highest BCUT2D eigenvalue weighted by Crippen LogP contribution is 2.11. The van der Waals surface area contributed by atoms with E-state index in [-0.39, 0.29) is 5.91 Å². The minimum absolute atomic E-state index is 0.117. The number of carbonyl (C=O) groups excluding carboxylic acids is 1. The average Bonchev–Trinajstić information content (AvgIpc) is 3.04. The molecule has 1 atom stereocenters. The summed E-state index contributed by atoms with van der Waals surface area (Å²) in [6, 6.07) is 3.95. The molecule has 1 N–H and O–H groups in total. The molecule has 2 aromatic rings. The van der Waals surface area contributed by atoms with E-state index in [0.717, 1.165) is 30.8 Å². The van der Waals surface area contributed by atoms with Gasteiger partial charge < -0.3 is 14.5 Å². The Balaban J connectivity index is 1.70. The zero-order valence-electron chi connectivity index (χ0n) is 10.9. The van der Waals surface area contributed by atoms with E-state index < -0.39 is 0 Å². The normalized spacial score (nSPS) is 18.9. The van der Waals surface area contributed by atoms with Gasteiger partial charge in [0.25, 0.3) is 5.91 Å². The Morgan fingerprint density at radius 3 is 3.32 bits per heavy atom. The van der Waals surface area contributed by atoms with Crippen molar-refractivity contribution in [1.29, 1.82) is 0 Å². The molecular weight excluding hydrogens is 242 g/mol. The molecule has 100 valence electrons. The second-order valence-corrected chi connectivity index (χ2v) is 5.04. The van der Waals surface area contributed by atoms with Crippen LogP contribution in [-0.2, 0) is 4.74 Å². The van der Waals surface area contributed by atoms with Crippen LogP contribution in [0.1, 0.15) is 22.5 Å². The van der Waals surface area contributed by atoms with Crippen LogP contribution in [0.3, 0.4) is 0 Å². The summed E-state index contributed by atoms with van der Waals surface area (Å²) >= 11 is 0. The summed E-state index contributed by atoms with van der Waals surface area (Å²) in [5.74, 6) is 0.316. The molecule has 5 heteroatoms. The molecule has 1 fully saturated rings. The number of ether oxygens (including phenoxy) is 1. The van der Waals surface area contributed by atoms with Gasteiger partial charge in [0.1, 0.15) is 11.3 Å². The first-order valence-corrected chi connectivity index (χ1v) is 6.54. The third-order valence-electron chi connectivity index (χ3n) is 3.42. The summed E-state index contributed by atoms with van der Waals surface area (Å²) in [7, 11) is 0. The minimum atomic E-state index is -0.117. The van der Waals surface area contributed by atoms with Crippen LogP contribution in [0.15, 0.2) is 24.5 Å². The van der Waals surface area contributed by atoms with Crippen molar-refractivity contribution in [2.24, 2.45) is 5.92 Å². The summed E-state index contributed by atoms with van der Waals surface area (Å²) in [4.78, 5) is 16.4. The Morgan fingerprint density at radius 1 is 1.63 bits per heavy atom. The molecule has 0 spiro atoms. The molecule has 1 saturated heterocycles. The van der Waals surface area contributed by atoms with Crippen LogP contribution in [0.25, 0.3) is 5.65 Å². The van der Waals surface area contributed by atoms with E-state index in [4.69, 9.17) is 4.74 Å². The second-order valence-electron chi connectivity index (χ2n) is 5.04. The van der Waals surface area contributed by atoms with E-state index in [2.05, 4.69) is 10.3 Å². The van der Waals surface area contributed by atoms with Crippen LogP contribution in [0, 0.1) is 12.8 Å². The largest absolute Gasteiger partial charge is 0.381 e. The van der Waals surface area contributed by atoms with Crippen molar-refractivity contribution in [1.82, 2.24) is 14.7 Å². The van der Waals surface area contributed by atoms with E-state index in [9.17, 15) is 4.79 Å². The predicted molar refractivity (Wildman–Crippen MR) is 71.2 cm³/mol. The van der Waals surface area contributed by atoms with Crippen molar-refractivity contribution < 1.29 is 9.53 Å². The van der Waals surface area contributed by atoms with Gasteiger partial charge in [0, 0.05) is 31.5 Å². The Kier molecular flexibility index (Phi) is 3.21. The predicted octanol–water partition coefficient (Wildman–Crippen LogP) is 1.41. The second kappa shape index (κ2) is 5.01. The zero-order chi connectivity index (χ0) is 13.2. The minimum Gasteiger partial charge on any atom is -0.381 e. The number of aromatic nitrogens is 2. The number of rotatable bonds is 3. The van der Waals surface area contributed by atoms with Crippen LogP contribution in [0.5, 0.6) is 0 Å². The number of hydrogen-bond acceptors (Lipinski definition) is 3. The third-order valence-corrected chi connectivity index (χ3v) is 3.42. The number of imidazole rings is 1. The molecule has 1 aliphatic heterocycles. The molecule has 19 heavy (non-hydrogen) atoms. The quantitative estimate of drug-likeness (QED) is 0.906. The number of nitrogens with one attached hydrogen (secondary N) is 1. The van der Waals surface area contributed by atoms with Crippen LogP contribution < -0.4 is 5.32 Å². The summed E-state index contributed by atoms with van der Waals surface area (Å²) in [5, 5.41) is 2.92. The maximum Gasteiger partial charge on any atom is 0.271 e. The molecule has 1 amide bonds. The SMILES string of the molecule is Cc1ccn2cc(C(=O)NC[C@@H]3CCOC3)nc2c1. The van der Waals surface area contributed by atoms with E-state index >= 15 is 0 Å². The lowest BCUT2D eigenvalue weighted by atomic mass is 10.1. The van der Waals surface area contributed by atoms with E-state index in [0.29, 0.717) is 18.2 Å². The van der Waals surface area contributed by atoms with Crippen LogP contribution in [0.4, 0.5) is 0 Å². The van der Waals surface area contributed by atoms with Gasteiger partial charge in [-0.05, 0) is 31.0 Å². The average molecular weight is 259 g/mol. The van der Waals surface area contributed by atoms with Crippen molar-refractivity contribution >= 4 is 11.6 Å². The summed E-state index contributed by atoms with van der Waals surface area (Å²) in [5.41, 5.74) is 2.40. The maximum absolute atomic E-state index is 12.0. The molecule has 1 aliphatic rings. The molecule has 0 radical (unpaired) electrons. The highest BCUT2D eigenvalue weighted by Gasteiger charge is 2.17. The lowest BCUT2D eigenvalue weighted by molar-refractivity contribution is 0.0940. The number of pyridine rings is 1. The molecule has 5 nitrogen and oxygen atoms in total. The van der Waals surface area contributed by atoms with Gasteiger partial charge in [-0.1, -0.05) is 0 Å². The number of amides is 1. The van der Waals surface area contributed by atoms with E-state index in [1.807, 2.05) is 29.7 Å². The molecule has 0 bridgehead atoms. The maximum atomic E-state index is 12.0. The highest BCUT2D eigenvalue weighted by atomic mass is 16.5. The van der Waals surface area contributed by atoms with Gasteiger partial charge in [0.15, 0.2) is 0 Å². The fourth-order valence-electron chi connectivity index (χ4n) is 2.27. The van der Waals surface area contributed by atoms with Crippen LogP contribution >= 0.6 is 0 Å². The van der Waals surface area contributed by atoms with Gasteiger partial charge in [-0.3, -0.25) is 4.79 Å². The molecule has 0 unspecified atom stereocenters. The van der Waals surface area contributed by atoms with Crippen molar-refractivity contribution in [3.8, 4) is 0 Å². The summed E-state index contributed by atoms with van der Waals surface area (Å²) in [6.45, 7) is 4.21. The monoisotopic (exact) mass is 259 g/mol. The van der Waals surface area contributed by atoms with Crippen molar-refractivity contribution in [2.45, 2.75) is 13.3 Å². The molecule has 2 aromatic heterocycles. The standard InChI is InChI=1S/C14H17N3O2/c1-10-2-4-17-8-12(16-13(17)6-10)14(18)15-7-11-3-5-19-9-11/h2,4,6,8,11H,3,5,7,9H2,1H3,(H,15,18)/t11-/m0/s1. The van der Waals surface area contributed by atoms with Gasteiger partial charge in [-0.15, -0.1) is 0 Å². The topological polar surface area (TPSA) is 55.6 Å². The zero-order valence-corrected chi connectivity index (χ0v) is 10.9. The molecule has 0 aliphatic carbocycles. The summed E-state index contributed by atoms with van der Waals surface area (Å²) < 4.78 is 7.15. The van der Waals surface area contributed by atoms with Crippen LogP contribution in [-0.4, -0.2) is 35.1 Å². The Labute approximate surface area is 111 Å². The smallest absolute Gasteiger partial charge is 0.271 e. The van der Waals surface area contributed by atoms with Gasteiger partial charge in [0.05, 0.1) is 6.61 Å². The fourth-order valence-corrected chi connectivity index (χ4v) is 2.27. The van der Waals surface area contributed by atoms with E-state index in [1.54, 1.807) is 6.20 Å². The molecule has 3 rings (SSSR count). The van der Waals surface area contributed by atoms with E-state index in [1.165, 1.54) is 0 Å². The first-order chi connectivity index (χ1) is 9.22. The Hall–Kier alpha value is -1.88. The third kappa shape index (κ3) is 2.61. The first kappa shape index (κ1) is 12.2. The highest BCUT2D eigenvalue weighted by molar-refractivity contribution is 5.92. The van der Waals surface area contributed by atoms with Gasteiger partial charge in [0.2, 0.25) is 0 Å². The van der Waals surface area contributed by atoms with Crippen LogP contribution in [0.2, 0.25) is 0 Å². The first-order valence-electron chi connectivity index (χ1n) is 6.54. The number of fused-ring (bicyclic) bond motifs is 1. The van der Waals surface area contributed by atoms with Gasteiger partial charge >= 0.3 is 0 Å². The molecule has 0 aromatic carbocycles. The van der Waals surface area contributed by atoms with Crippen molar-refractivity contribution in [2.75, 3.05) is 19.8 Å². The van der Waals surface area contributed by atoms with Gasteiger partial charge in [-0.25, -0.2) is 4.98 Å². The van der Waals surface area contributed by atoms with Gasteiger partial charge in [-0.2, -0.15) is 0 Å². The number of aryl methyl sites for hydroxylation is 1. The van der Waals surface area contributed by atoms with Crippen molar-refractivity contribution in [3.63, 3.8) is 0 Å². The fraction of sp³-hybridized carbons (Fsp3) is 0.429. The number of hydrogen-bond donors (Lipinski definition) is 1.